The zero-order valence-corrected chi connectivity index (χ0v) is 12.8. The molecule has 2 rings (SSSR count). The van der Waals surface area contributed by atoms with Crippen LogP contribution < -0.4 is 0 Å². The highest BCUT2D eigenvalue weighted by Crippen LogP contribution is 2.24. The molecular weight excluding hydrogens is 264 g/mol. The van der Waals surface area contributed by atoms with E-state index in [4.69, 9.17) is 4.18 Å². The summed E-state index contributed by atoms with van der Waals surface area (Å²) in [6, 6.07) is 0. The van der Waals surface area contributed by atoms with Crippen molar-refractivity contribution in [2.75, 3.05) is 17.3 Å². The van der Waals surface area contributed by atoms with Crippen molar-refractivity contribution in [3.05, 3.63) is 0 Å². The number of rotatable bonds is 2. The normalized spacial score (nSPS) is 29.1. The first-order valence-corrected chi connectivity index (χ1v) is 9.85. The highest BCUT2D eigenvalue weighted by atomic mass is 32.2. The molecule has 2 saturated heterocycles. The molecule has 4 heteroatoms. The molecule has 0 radical (unpaired) electrons. The van der Waals surface area contributed by atoms with Gasteiger partial charge in [0.15, 0.2) is 6.10 Å². The van der Waals surface area contributed by atoms with E-state index < -0.39 is 0 Å². The lowest BCUT2D eigenvalue weighted by Crippen LogP contribution is -2.30. The van der Waals surface area contributed by atoms with Gasteiger partial charge in [-0.2, -0.15) is 4.18 Å². The van der Waals surface area contributed by atoms with Crippen LogP contribution in [0.2, 0.25) is 0 Å². The molecule has 1 unspecified atom stereocenters. The van der Waals surface area contributed by atoms with Gasteiger partial charge >= 0.3 is 0 Å². The molecule has 2 heterocycles. The highest BCUT2D eigenvalue weighted by Gasteiger charge is 2.31. The van der Waals surface area contributed by atoms with Gasteiger partial charge in [-0.1, -0.05) is 31.0 Å². The first-order valence-electron chi connectivity index (χ1n) is 7.37. The summed E-state index contributed by atoms with van der Waals surface area (Å²) in [6.07, 6.45) is 11.1. The van der Waals surface area contributed by atoms with Crippen molar-refractivity contribution < 1.29 is 8.98 Å². The van der Waals surface area contributed by atoms with Crippen molar-refractivity contribution in [3.63, 3.8) is 0 Å². The Morgan fingerprint density at radius 3 is 2.39 bits per heavy atom. The number of hydrogen-bond donors (Lipinski definition) is 0. The smallest absolute Gasteiger partial charge is 0.223 e. The summed E-state index contributed by atoms with van der Waals surface area (Å²) < 4.78 is 6.17. The van der Waals surface area contributed by atoms with Crippen LogP contribution in [0.5, 0.6) is 0 Å². The molecule has 0 N–H and O–H groups in total. The van der Waals surface area contributed by atoms with Gasteiger partial charge in [0.1, 0.15) is 22.7 Å². The first kappa shape index (κ1) is 14.7. The Morgan fingerprint density at radius 1 is 0.944 bits per heavy atom. The zero-order chi connectivity index (χ0) is 12.6. The van der Waals surface area contributed by atoms with E-state index >= 15 is 0 Å². The van der Waals surface area contributed by atoms with E-state index in [2.05, 4.69) is 0 Å². The monoisotopic (exact) mass is 289 g/mol. The minimum atomic E-state index is -0.0990. The van der Waals surface area contributed by atoms with Crippen molar-refractivity contribution in [2.45, 2.75) is 63.9 Å². The highest BCUT2D eigenvalue weighted by molar-refractivity contribution is 8.13. The van der Waals surface area contributed by atoms with Crippen LogP contribution in [0.25, 0.3) is 0 Å². The maximum atomic E-state index is 12.0. The summed E-state index contributed by atoms with van der Waals surface area (Å²) >= 11 is 1.56. The molecule has 2 fully saturated rings. The van der Waals surface area contributed by atoms with E-state index in [-0.39, 0.29) is 17.3 Å². The first-order chi connectivity index (χ1) is 8.86. The van der Waals surface area contributed by atoms with Gasteiger partial charge in [-0.05, 0) is 38.5 Å². The number of hydrogen-bond acceptors (Lipinski definition) is 3. The molecule has 104 valence electrons. The summed E-state index contributed by atoms with van der Waals surface area (Å²) in [6.45, 7) is 0. The summed E-state index contributed by atoms with van der Waals surface area (Å²) in [5.41, 5.74) is 0. The molecule has 0 aromatic carbocycles. The molecule has 0 bridgehead atoms. The molecule has 0 amide bonds. The Kier molecular flexibility index (Phi) is 6.95. The molecule has 18 heavy (non-hydrogen) atoms. The zero-order valence-electron chi connectivity index (χ0n) is 11.2. The van der Waals surface area contributed by atoms with Gasteiger partial charge < -0.3 is 0 Å². The van der Waals surface area contributed by atoms with Crippen molar-refractivity contribution in [1.29, 1.82) is 0 Å². The summed E-state index contributed by atoms with van der Waals surface area (Å²) in [4.78, 5) is 12.0. The van der Waals surface area contributed by atoms with Crippen LogP contribution >= 0.6 is 11.8 Å². The van der Waals surface area contributed by atoms with E-state index in [0.29, 0.717) is 5.12 Å². The second-order valence-corrected chi connectivity index (χ2v) is 8.21. The Hall–Kier alpha value is 0.330. The second-order valence-electron chi connectivity index (χ2n) is 5.22. The Balaban J connectivity index is 1.82. The van der Waals surface area contributed by atoms with Crippen molar-refractivity contribution in [3.8, 4) is 0 Å². The van der Waals surface area contributed by atoms with Crippen LogP contribution in [0.15, 0.2) is 0 Å². The lowest BCUT2D eigenvalue weighted by atomic mass is 10.1. The van der Waals surface area contributed by atoms with Gasteiger partial charge in [-0.15, -0.1) is 0 Å². The fourth-order valence-corrected chi connectivity index (χ4v) is 5.42. The molecule has 0 aromatic heterocycles. The summed E-state index contributed by atoms with van der Waals surface area (Å²) in [5, 5.41) is 0.296. The lowest BCUT2D eigenvalue weighted by molar-refractivity contribution is -0.117. The quantitative estimate of drug-likeness (QED) is 0.725. The molecular formula is C14H25O2S2+. The third kappa shape index (κ3) is 5.14. The van der Waals surface area contributed by atoms with Gasteiger partial charge in [0.05, 0.1) is 0 Å². The second kappa shape index (κ2) is 8.49. The molecule has 1 atom stereocenters. The Labute approximate surface area is 118 Å². The fraction of sp³-hybridized carbons (Fsp3) is 0.929. The number of carbonyl (C=O) groups excluding carboxylic acids is 1. The molecule has 2 nitrogen and oxygen atoms in total. The van der Waals surface area contributed by atoms with E-state index in [9.17, 15) is 4.79 Å². The Bertz CT molecular complexity index is 250. The standard InChI is InChI=1S/C14H25O2S2/c15-14-13(9-5-4-6-10-17-14)16-18-11-7-2-1-3-8-12-18/h13H,1-12H2/q+1. The maximum Gasteiger partial charge on any atom is 0.223 e. The molecule has 0 aromatic rings. The van der Waals surface area contributed by atoms with Crippen molar-refractivity contribution in [1.82, 2.24) is 0 Å². The molecule has 2 aliphatic heterocycles. The minimum Gasteiger partial charge on any atom is -0.284 e. The van der Waals surface area contributed by atoms with Gasteiger partial charge in [0.25, 0.3) is 0 Å². The lowest BCUT2D eigenvalue weighted by Gasteiger charge is -2.18. The van der Waals surface area contributed by atoms with Crippen LogP contribution in [0.1, 0.15) is 57.8 Å². The van der Waals surface area contributed by atoms with E-state index in [0.717, 1.165) is 18.6 Å². The van der Waals surface area contributed by atoms with Gasteiger partial charge in [0.2, 0.25) is 5.12 Å². The van der Waals surface area contributed by atoms with Crippen LogP contribution in [-0.2, 0) is 20.2 Å². The van der Waals surface area contributed by atoms with Gasteiger partial charge in [0, 0.05) is 5.75 Å². The molecule has 0 spiro atoms. The predicted molar refractivity (Wildman–Crippen MR) is 81.0 cm³/mol. The summed E-state index contributed by atoms with van der Waals surface area (Å²) in [5.74, 6) is 3.37. The molecule has 0 aliphatic carbocycles. The fourth-order valence-electron chi connectivity index (χ4n) is 2.50. The van der Waals surface area contributed by atoms with Crippen LogP contribution in [0, 0.1) is 0 Å². The number of thioether (sulfide) groups is 1. The molecule has 0 saturated carbocycles. The number of carbonyl (C=O) groups is 1. The van der Waals surface area contributed by atoms with E-state index in [1.165, 1.54) is 68.2 Å². The topological polar surface area (TPSA) is 26.3 Å². The van der Waals surface area contributed by atoms with Gasteiger partial charge in [-0.3, -0.25) is 4.79 Å². The SMILES string of the molecule is O=C1SCCCCCC1O[S+]1CCCCCCC1. The minimum absolute atomic E-state index is 0.0611. The Morgan fingerprint density at radius 2 is 1.61 bits per heavy atom. The average molecular weight is 289 g/mol. The van der Waals surface area contributed by atoms with Gasteiger partial charge in [-0.25, -0.2) is 0 Å². The van der Waals surface area contributed by atoms with E-state index in [1.807, 2.05) is 0 Å². The van der Waals surface area contributed by atoms with Crippen molar-refractivity contribution in [2.24, 2.45) is 0 Å². The predicted octanol–water partition coefficient (Wildman–Crippen LogP) is 3.70. The largest absolute Gasteiger partial charge is 0.284 e. The maximum absolute atomic E-state index is 12.0. The molecule has 2 aliphatic rings. The van der Waals surface area contributed by atoms with Crippen molar-refractivity contribution >= 4 is 28.1 Å². The van der Waals surface area contributed by atoms with E-state index in [1.54, 1.807) is 0 Å². The van der Waals surface area contributed by atoms with Crippen LogP contribution in [0.4, 0.5) is 0 Å². The summed E-state index contributed by atoms with van der Waals surface area (Å²) in [7, 11) is 0. The average Bonchev–Trinajstić information content (AvgIpc) is 2.31. The third-order valence-electron chi connectivity index (χ3n) is 3.61. The van der Waals surface area contributed by atoms with Crippen LogP contribution in [-0.4, -0.2) is 28.5 Å². The third-order valence-corrected chi connectivity index (χ3v) is 6.65. The van der Waals surface area contributed by atoms with Crippen LogP contribution in [0.3, 0.4) is 0 Å².